The van der Waals surface area contributed by atoms with Crippen LogP contribution in [0.25, 0.3) is 0 Å². The normalized spacial score (nSPS) is 24.2. The monoisotopic (exact) mass is 252 g/mol. The lowest BCUT2D eigenvalue weighted by Gasteiger charge is -2.25. The summed E-state index contributed by atoms with van der Waals surface area (Å²) >= 11 is 0. The second kappa shape index (κ2) is 5.61. The number of rotatable bonds is 4. The van der Waals surface area contributed by atoms with E-state index in [9.17, 15) is 5.11 Å². The molecule has 0 bridgehead atoms. The Morgan fingerprint density at radius 1 is 1.39 bits per heavy atom. The summed E-state index contributed by atoms with van der Waals surface area (Å²) in [4.78, 5) is 0. The first-order valence-electron chi connectivity index (χ1n) is 6.85. The molecule has 5 heteroatoms. The molecule has 2 rings (SSSR count). The van der Waals surface area contributed by atoms with Crippen molar-refractivity contribution in [2.75, 3.05) is 17.6 Å². The van der Waals surface area contributed by atoms with Crippen LogP contribution in [0.3, 0.4) is 0 Å². The van der Waals surface area contributed by atoms with E-state index in [2.05, 4.69) is 17.3 Å². The summed E-state index contributed by atoms with van der Waals surface area (Å²) in [7, 11) is 1.92. The molecule has 1 aliphatic rings. The highest BCUT2D eigenvalue weighted by Crippen LogP contribution is 2.27. The number of aryl methyl sites for hydroxylation is 2. The predicted octanol–water partition coefficient (Wildman–Crippen LogP) is 1.53. The van der Waals surface area contributed by atoms with Crippen molar-refractivity contribution in [2.45, 2.75) is 45.1 Å². The van der Waals surface area contributed by atoms with Gasteiger partial charge in [0.1, 0.15) is 5.82 Å². The third-order valence-electron chi connectivity index (χ3n) is 3.87. The zero-order valence-corrected chi connectivity index (χ0v) is 11.3. The minimum atomic E-state index is -0.0882. The summed E-state index contributed by atoms with van der Waals surface area (Å²) in [5.41, 5.74) is 7.80. The Morgan fingerprint density at radius 3 is 2.61 bits per heavy atom. The van der Waals surface area contributed by atoms with E-state index in [-0.39, 0.29) is 6.10 Å². The highest BCUT2D eigenvalue weighted by atomic mass is 16.3. The van der Waals surface area contributed by atoms with Gasteiger partial charge in [-0.25, -0.2) is 0 Å². The molecular formula is C13H24N4O. The van der Waals surface area contributed by atoms with E-state index < -0.39 is 0 Å². The molecule has 4 N–H and O–H groups in total. The van der Waals surface area contributed by atoms with Crippen LogP contribution in [0.2, 0.25) is 0 Å². The van der Waals surface area contributed by atoms with Gasteiger partial charge in [0.15, 0.2) is 0 Å². The Labute approximate surface area is 108 Å². The van der Waals surface area contributed by atoms with Crippen LogP contribution >= 0.6 is 0 Å². The van der Waals surface area contributed by atoms with E-state index in [1.165, 1.54) is 0 Å². The third kappa shape index (κ3) is 2.77. The number of aliphatic hydroxyl groups is 1. The van der Waals surface area contributed by atoms with Gasteiger partial charge in [-0.3, -0.25) is 4.68 Å². The maximum atomic E-state index is 9.48. The van der Waals surface area contributed by atoms with E-state index in [1.807, 2.05) is 11.7 Å². The van der Waals surface area contributed by atoms with Crippen molar-refractivity contribution < 1.29 is 5.11 Å². The number of nitrogens with zero attached hydrogens (tertiary/aromatic N) is 2. The predicted molar refractivity (Wildman–Crippen MR) is 73.5 cm³/mol. The van der Waals surface area contributed by atoms with Crippen molar-refractivity contribution in [3.63, 3.8) is 0 Å². The van der Waals surface area contributed by atoms with Gasteiger partial charge in [0.25, 0.3) is 0 Å². The van der Waals surface area contributed by atoms with Gasteiger partial charge in [0.05, 0.1) is 17.5 Å². The molecule has 0 aliphatic heterocycles. The minimum Gasteiger partial charge on any atom is -0.394 e. The van der Waals surface area contributed by atoms with E-state index >= 15 is 0 Å². The van der Waals surface area contributed by atoms with Crippen molar-refractivity contribution >= 4 is 11.5 Å². The number of nitrogens with two attached hydrogens (primary N) is 1. The summed E-state index contributed by atoms with van der Waals surface area (Å²) in [5.74, 6) is 1.56. The first-order chi connectivity index (χ1) is 8.61. The molecular weight excluding hydrogens is 228 g/mol. The van der Waals surface area contributed by atoms with E-state index in [1.54, 1.807) is 0 Å². The van der Waals surface area contributed by atoms with Crippen molar-refractivity contribution in [1.29, 1.82) is 0 Å². The molecule has 1 fully saturated rings. The molecule has 1 aromatic heterocycles. The lowest BCUT2D eigenvalue weighted by molar-refractivity contribution is 0.111. The first kappa shape index (κ1) is 13.2. The molecule has 0 atom stereocenters. The molecule has 1 aliphatic carbocycles. The van der Waals surface area contributed by atoms with Crippen LogP contribution in [0.5, 0.6) is 0 Å². The second-order valence-corrected chi connectivity index (χ2v) is 5.24. The summed E-state index contributed by atoms with van der Waals surface area (Å²) < 4.78 is 1.83. The van der Waals surface area contributed by atoms with Gasteiger partial charge in [-0.1, -0.05) is 6.92 Å². The smallest absolute Gasteiger partial charge is 0.147 e. The van der Waals surface area contributed by atoms with Gasteiger partial charge < -0.3 is 16.2 Å². The maximum absolute atomic E-state index is 9.48. The van der Waals surface area contributed by atoms with Gasteiger partial charge in [-0.15, -0.1) is 0 Å². The molecule has 0 radical (unpaired) electrons. The average molecular weight is 252 g/mol. The fraction of sp³-hybridized carbons (Fsp3) is 0.769. The Hall–Kier alpha value is -1.23. The maximum Gasteiger partial charge on any atom is 0.147 e. The summed E-state index contributed by atoms with van der Waals surface area (Å²) in [5, 5.41) is 17.3. The molecule has 5 nitrogen and oxygen atoms in total. The Kier molecular flexibility index (Phi) is 4.11. The summed E-state index contributed by atoms with van der Waals surface area (Å²) in [6.45, 7) is 2.98. The Morgan fingerprint density at radius 2 is 2.06 bits per heavy atom. The number of anilines is 2. The summed E-state index contributed by atoms with van der Waals surface area (Å²) in [6.07, 6.45) is 4.80. The lowest BCUT2D eigenvalue weighted by atomic mass is 9.87. The molecule has 0 spiro atoms. The van der Waals surface area contributed by atoms with E-state index in [4.69, 9.17) is 5.73 Å². The number of nitrogens with one attached hydrogen (secondary N) is 1. The highest BCUT2D eigenvalue weighted by molar-refractivity contribution is 5.64. The van der Waals surface area contributed by atoms with E-state index in [0.717, 1.165) is 55.8 Å². The topological polar surface area (TPSA) is 76.1 Å². The third-order valence-corrected chi connectivity index (χ3v) is 3.87. The van der Waals surface area contributed by atoms with Gasteiger partial charge in [-0.2, -0.15) is 5.10 Å². The minimum absolute atomic E-state index is 0.0882. The van der Waals surface area contributed by atoms with Crippen LogP contribution in [0.15, 0.2) is 0 Å². The molecule has 0 aromatic carbocycles. The van der Waals surface area contributed by atoms with Crippen LogP contribution in [-0.4, -0.2) is 27.5 Å². The van der Waals surface area contributed by atoms with Gasteiger partial charge in [-0.05, 0) is 38.0 Å². The molecule has 1 aromatic rings. The van der Waals surface area contributed by atoms with E-state index in [0.29, 0.717) is 5.92 Å². The second-order valence-electron chi connectivity index (χ2n) is 5.24. The van der Waals surface area contributed by atoms with Gasteiger partial charge >= 0.3 is 0 Å². The highest BCUT2D eigenvalue weighted by Gasteiger charge is 2.20. The molecule has 0 saturated heterocycles. The molecule has 0 amide bonds. The van der Waals surface area contributed by atoms with Crippen LogP contribution in [0.1, 0.15) is 38.3 Å². The van der Waals surface area contributed by atoms with Crippen LogP contribution in [0, 0.1) is 5.92 Å². The Balaban J connectivity index is 1.92. The number of aromatic nitrogens is 2. The zero-order valence-electron chi connectivity index (χ0n) is 11.3. The SMILES string of the molecule is CCc1nn(C)c(NCC2CCC(O)CC2)c1N. The largest absolute Gasteiger partial charge is 0.394 e. The number of nitrogen functional groups attached to an aromatic ring is 1. The molecule has 18 heavy (non-hydrogen) atoms. The van der Waals surface area contributed by atoms with Crippen molar-refractivity contribution in [3.8, 4) is 0 Å². The van der Waals surface area contributed by atoms with Crippen molar-refractivity contribution in [3.05, 3.63) is 5.69 Å². The quantitative estimate of drug-likeness (QED) is 0.759. The van der Waals surface area contributed by atoms with Crippen molar-refractivity contribution in [1.82, 2.24) is 9.78 Å². The number of aliphatic hydroxyl groups excluding tert-OH is 1. The van der Waals surface area contributed by atoms with Crippen LogP contribution in [-0.2, 0) is 13.5 Å². The molecule has 0 unspecified atom stereocenters. The van der Waals surface area contributed by atoms with Gasteiger partial charge in [0.2, 0.25) is 0 Å². The van der Waals surface area contributed by atoms with Crippen molar-refractivity contribution in [2.24, 2.45) is 13.0 Å². The van der Waals surface area contributed by atoms with Crippen LogP contribution < -0.4 is 11.1 Å². The Bertz CT molecular complexity index is 394. The fourth-order valence-corrected chi connectivity index (χ4v) is 2.66. The van der Waals surface area contributed by atoms with Gasteiger partial charge in [0, 0.05) is 13.6 Å². The zero-order chi connectivity index (χ0) is 13.1. The van der Waals surface area contributed by atoms with Crippen LogP contribution in [0.4, 0.5) is 11.5 Å². The molecule has 1 heterocycles. The molecule has 1 saturated carbocycles. The lowest BCUT2D eigenvalue weighted by Crippen LogP contribution is -2.24. The summed E-state index contributed by atoms with van der Waals surface area (Å²) in [6, 6.07) is 0. The fourth-order valence-electron chi connectivity index (χ4n) is 2.66. The first-order valence-corrected chi connectivity index (χ1v) is 6.85. The molecule has 102 valence electrons. The average Bonchev–Trinajstić information content (AvgIpc) is 2.64. The number of hydrogen-bond acceptors (Lipinski definition) is 4. The standard InChI is InChI=1S/C13H24N4O/c1-3-11-12(14)13(17(2)16-11)15-8-9-4-6-10(18)7-5-9/h9-10,15,18H,3-8,14H2,1-2H3. The number of hydrogen-bond donors (Lipinski definition) is 3.